The summed E-state index contributed by atoms with van der Waals surface area (Å²) in [6.07, 6.45) is 1.17. The van der Waals surface area contributed by atoms with Gasteiger partial charge in [0.1, 0.15) is 5.82 Å². The second-order valence-electron chi connectivity index (χ2n) is 6.91. The summed E-state index contributed by atoms with van der Waals surface area (Å²) in [6, 6.07) is 12.5. The largest absolute Gasteiger partial charge is 0.355 e. The molecule has 0 saturated carbocycles. The lowest BCUT2D eigenvalue weighted by Gasteiger charge is -2.22. The number of aromatic nitrogens is 3. The molecule has 0 amide bonds. The molecule has 1 aromatic carbocycles. The van der Waals surface area contributed by atoms with Gasteiger partial charge in [-0.15, -0.1) is 0 Å². The summed E-state index contributed by atoms with van der Waals surface area (Å²) in [5.41, 5.74) is 3.86. The second kappa shape index (κ2) is 6.32. The van der Waals surface area contributed by atoms with Crippen LogP contribution < -0.4 is 4.90 Å². The number of likely N-dealkylation sites (N-methyl/N-ethyl adjacent to an activating group) is 1. The molecule has 3 heterocycles. The van der Waals surface area contributed by atoms with E-state index in [1.807, 2.05) is 41.8 Å². The Morgan fingerprint density at radius 2 is 1.92 bits per heavy atom. The van der Waals surface area contributed by atoms with Crippen molar-refractivity contribution in [3.8, 4) is 11.3 Å². The van der Waals surface area contributed by atoms with E-state index < -0.39 is 0 Å². The molecule has 0 spiro atoms. The summed E-state index contributed by atoms with van der Waals surface area (Å²) >= 11 is 6.00. The zero-order chi connectivity index (χ0) is 17.6. The van der Waals surface area contributed by atoms with E-state index in [2.05, 4.69) is 34.9 Å². The highest BCUT2D eigenvalue weighted by atomic mass is 35.5. The van der Waals surface area contributed by atoms with E-state index in [9.17, 15) is 0 Å². The average molecular weight is 356 g/mol. The predicted molar refractivity (Wildman–Crippen MR) is 102 cm³/mol. The third kappa shape index (κ3) is 3.10. The van der Waals surface area contributed by atoms with Gasteiger partial charge < -0.3 is 9.80 Å². The number of anilines is 1. The lowest BCUT2D eigenvalue weighted by molar-refractivity contribution is 0.315. The molecule has 1 aliphatic heterocycles. The van der Waals surface area contributed by atoms with Crippen LogP contribution in [-0.2, 0) is 0 Å². The van der Waals surface area contributed by atoms with Gasteiger partial charge in [-0.3, -0.25) is 0 Å². The first-order valence-corrected chi connectivity index (χ1v) is 8.94. The van der Waals surface area contributed by atoms with Crippen LogP contribution in [0.3, 0.4) is 0 Å². The van der Waals surface area contributed by atoms with Crippen molar-refractivity contribution in [1.82, 2.24) is 19.5 Å². The van der Waals surface area contributed by atoms with Gasteiger partial charge in [-0.2, -0.15) is 9.61 Å². The van der Waals surface area contributed by atoms with E-state index in [4.69, 9.17) is 16.7 Å². The van der Waals surface area contributed by atoms with Crippen LogP contribution in [-0.4, -0.2) is 52.7 Å². The van der Waals surface area contributed by atoms with Gasteiger partial charge in [0.05, 0.1) is 5.69 Å². The maximum Gasteiger partial charge on any atom is 0.158 e. The number of hydrogen-bond donors (Lipinski definition) is 0. The average Bonchev–Trinajstić information content (AvgIpc) is 3.21. The smallest absolute Gasteiger partial charge is 0.158 e. The minimum absolute atomic E-state index is 0.579. The lowest BCUT2D eigenvalue weighted by Crippen LogP contribution is -2.32. The molecular formula is C19H22ClN5. The Labute approximate surface area is 152 Å². The monoisotopic (exact) mass is 355 g/mol. The molecule has 3 aromatic rings. The van der Waals surface area contributed by atoms with Crippen LogP contribution in [0, 0.1) is 6.92 Å². The van der Waals surface area contributed by atoms with Crippen molar-refractivity contribution >= 4 is 23.1 Å². The summed E-state index contributed by atoms with van der Waals surface area (Å²) in [5.74, 6) is 1.12. The predicted octanol–water partition coefficient (Wildman–Crippen LogP) is 3.50. The Balaban J connectivity index is 1.76. The Kier molecular flexibility index (Phi) is 4.13. The molecule has 4 rings (SSSR count). The van der Waals surface area contributed by atoms with Crippen molar-refractivity contribution in [3.05, 3.63) is 47.1 Å². The number of nitrogens with zero attached hydrogens (tertiary/aromatic N) is 5. The fourth-order valence-corrected chi connectivity index (χ4v) is 3.56. The Bertz CT molecular complexity index is 900. The standard InChI is InChI=1S/C19H22ClN5/c1-13-10-19(24-9-8-16(12-24)23(2)3)25-18(21-13)11-17(22-25)14-4-6-15(20)7-5-14/h4-7,10-11,16H,8-9,12H2,1-3H3/t16-/m0/s1. The highest BCUT2D eigenvalue weighted by Crippen LogP contribution is 2.27. The van der Waals surface area contributed by atoms with Crippen LogP contribution in [0.25, 0.3) is 16.9 Å². The van der Waals surface area contributed by atoms with E-state index in [0.717, 1.165) is 46.5 Å². The molecule has 0 bridgehead atoms. The summed E-state index contributed by atoms with van der Waals surface area (Å²) < 4.78 is 1.97. The van der Waals surface area contributed by atoms with Gasteiger partial charge >= 0.3 is 0 Å². The van der Waals surface area contributed by atoms with Gasteiger partial charge in [-0.25, -0.2) is 4.98 Å². The molecule has 1 atom stereocenters. The first-order valence-electron chi connectivity index (χ1n) is 8.56. The zero-order valence-electron chi connectivity index (χ0n) is 14.8. The van der Waals surface area contributed by atoms with Crippen molar-refractivity contribution < 1.29 is 0 Å². The molecule has 1 fully saturated rings. The number of rotatable bonds is 3. The molecule has 130 valence electrons. The van der Waals surface area contributed by atoms with Crippen molar-refractivity contribution in [2.45, 2.75) is 19.4 Å². The van der Waals surface area contributed by atoms with Gasteiger partial charge in [0.25, 0.3) is 0 Å². The lowest BCUT2D eigenvalue weighted by atomic mass is 10.2. The van der Waals surface area contributed by atoms with Crippen LogP contribution >= 0.6 is 11.6 Å². The first kappa shape index (κ1) is 16.4. The third-order valence-electron chi connectivity index (χ3n) is 4.89. The Morgan fingerprint density at radius 1 is 1.16 bits per heavy atom. The minimum atomic E-state index is 0.579. The minimum Gasteiger partial charge on any atom is -0.355 e. The van der Waals surface area contributed by atoms with Gasteiger partial charge in [0.15, 0.2) is 5.65 Å². The quantitative estimate of drug-likeness (QED) is 0.720. The van der Waals surface area contributed by atoms with E-state index in [0.29, 0.717) is 6.04 Å². The first-order chi connectivity index (χ1) is 12.0. The van der Waals surface area contributed by atoms with Crippen LogP contribution in [0.1, 0.15) is 12.1 Å². The second-order valence-corrected chi connectivity index (χ2v) is 7.35. The maximum absolute atomic E-state index is 6.00. The highest BCUT2D eigenvalue weighted by Gasteiger charge is 2.26. The number of aryl methyl sites for hydroxylation is 1. The molecule has 5 nitrogen and oxygen atoms in total. The van der Waals surface area contributed by atoms with Crippen molar-refractivity contribution in [3.63, 3.8) is 0 Å². The van der Waals surface area contributed by atoms with Gasteiger partial charge in [-0.1, -0.05) is 23.7 Å². The molecule has 0 radical (unpaired) electrons. The summed E-state index contributed by atoms with van der Waals surface area (Å²) in [5, 5.41) is 5.55. The normalized spacial score (nSPS) is 17.8. The SMILES string of the molecule is Cc1cc(N2CC[C@H](N(C)C)C2)n2nc(-c3ccc(Cl)cc3)cc2n1. The van der Waals surface area contributed by atoms with E-state index >= 15 is 0 Å². The van der Waals surface area contributed by atoms with Crippen LogP contribution in [0.2, 0.25) is 5.02 Å². The molecule has 0 N–H and O–H groups in total. The summed E-state index contributed by atoms with van der Waals surface area (Å²) in [7, 11) is 4.29. The zero-order valence-corrected chi connectivity index (χ0v) is 15.5. The summed E-state index contributed by atoms with van der Waals surface area (Å²) in [4.78, 5) is 9.37. The fraction of sp³-hybridized carbons (Fsp3) is 0.368. The van der Waals surface area contributed by atoms with Crippen LogP contribution in [0.4, 0.5) is 5.82 Å². The van der Waals surface area contributed by atoms with Crippen LogP contribution in [0.15, 0.2) is 36.4 Å². The molecule has 6 heteroatoms. The topological polar surface area (TPSA) is 36.7 Å². The molecular weight excluding hydrogens is 334 g/mol. The maximum atomic E-state index is 6.00. The Morgan fingerprint density at radius 3 is 2.60 bits per heavy atom. The highest BCUT2D eigenvalue weighted by molar-refractivity contribution is 6.30. The molecule has 1 aliphatic rings. The van der Waals surface area contributed by atoms with Crippen molar-refractivity contribution in [1.29, 1.82) is 0 Å². The van der Waals surface area contributed by atoms with Crippen molar-refractivity contribution in [2.75, 3.05) is 32.1 Å². The number of benzene rings is 1. The number of halogens is 1. The van der Waals surface area contributed by atoms with Gasteiger partial charge in [0, 0.05) is 47.5 Å². The molecule has 2 aromatic heterocycles. The van der Waals surface area contributed by atoms with Gasteiger partial charge in [0.2, 0.25) is 0 Å². The summed E-state index contributed by atoms with van der Waals surface area (Å²) in [6.45, 7) is 4.09. The molecule has 0 aliphatic carbocycles. The van der Waals surface area contributed by atoms with E-state index in [1.54, 1.807) is 0 Å². The fourth-order valence-electron chi connectivity index (χ4n) is 3.44. The number of fused-ring (bicyclic) bond motifs is 1. The molecule has 1 saturated heterocycles. The van der Waals surface area contributed by atoms with E-state index in [-0.39, 0.29) is 0 Å². The number of hydrogen-bond acceptors (Lipinski definition) is 4. The van der Waals surface area contributed by atoms with Crippen molar-refractivity contribution in [2.24, 2.45) is 0 Å². The van der Waals surface area contributed by atoms with E-state index in [1.165, 1.54) is 6.42 Å². The molecule has 0 unspecified atom stereocenters. The van der Waals surface area contributed by atoms with Gasteiger partial charge in [-0.05, 0) is 39.6 Å². The molecule has 25 heavy (non-hydrogen) atoms. The van der Waals surface area contributed by atoms with Crippen LogP contribution in [0.5, 0.6) is 0 Å². The Hall–Kier alpha value is -2.11. The third-order valence-corrected chi connectivity index (χ3v) is 5.15.